The number of ether oxygens (including phenoxy) is 1. The van der Waals surface area contributed by atoms with Crippen LogP contribution < -0.4 is 10.6 Å². The van der Waals surface area contributed by atoms with E-state index in [1.165, 1.54) is 19.3 Å². The maximum Gasteiger partial charge on any atom is 0.237 e. The van der Waals surface area contributed by atoms with Crippen LogP contribution in [0.2, 0.25) is 0 Å². The van der Waals surface area contributed by atoms with Crippen LogP contribution in [0.25, 0.3) is 0 Å². The lowest BCUT2D eigenvalue weighted by Crippen LogP contribution is -2.44. The number of rotatable bonds is 6. The summed E-state index contributed by atoms with van der Waals surface area (Å²) in [6, 6.07) is 0.000316. The SMILES string of the molecule is O=C(NCCOCCO)C1NCC2CCCC21. The molecule has 0 aromatic heterocycles. The minimum absolute atomic E-state index is 0.000316. The molecule has 98 valence electrons. The Hall–Kier alpha value is -0.650. The lowest BCUT2D eigenvalue weighted by Gasteiger charge is -2.17. The van der Waals surface area contributed by atoms with Gasteiger partial charge in [-0.15, -0.1) is 0 Å². The molecule has 1 saturated carbocycles. The van der Waals surface area contributed by atoms with Crippen LogP contribution in [0.4, 0.5) is 0 Å². The van der Waals surface area contributed by atoms with Gasteiger partial charge in [0.2, 0.25) is 5.91 Å². The van der Waals surface area contributed by atoms with E-state index in [0.29, 0.717) is 31.6 Å². The molecule has 5 heteroatoms. The van der Waals surface area contributed by atoms with Crippen LogP contribution in [0.15, 0.2) is 0 Å². The molecule has 1 aliphatic carbocycles. The Labute approximate surface area is 102 Å². The van der Waals surface area contributed by atoms with E-state index in [2.05, 4.69) is 10.6 Å². The van der Waals surface area contributed by atoms with Crippen molar-refractivity contribution in [3.05, 3.63) is 0 Å². The van der Waals surface area contributed by atoms with Gasteiger partial charge in [-0.2, -0.15) is 0 Å². The lowest BCUT2D eigenvalue weighted by molar-refractivity contribution is -0.124. The Bertz CT molecular complexity index is 260. The van der Waals surface area contributed by atoms with Crippen LogP contribution in [-0.4, -0.2) is 50.0 Å². The predicted molar refractivity (Wildman–Crippen MR) is 63.5 cm³/mol. The van der Waals surface area contributed by atoms with Crippen LogP contribution in [0, 0.1) is 11.8 Å². The molecule has 0 radical (unpaired) electrons. The first-order valence-corrected chi connectivity index (χ1v) is 6.52. The quantitative estimate of drug-likeness (QED) is 0.549. The largest absolute Gasteiger partial charge is 0.394 e. The molecule has 0 spiro atoms. The van der Waals surface area contributed by atoms with Crippen molar-refractivity contribution < 1.29 is 14.6 Å². The number of hydrogen-bond donors (Lipinski definition) is 3. The van der Waals surface area contributed by atoms with Gasteiger partial charge in [0.25, 0.3) is 0 Å². The summed E-state index contributed by atoms with van der Waals surface area (Å²) in [5, 5.41) is 14.7. The second kappa shape index (κ2) is 6.33. The molecule has 2 aliphatic rings. The second-order valence-electron chi connectivity index (χ2n) is 4.87. The molecular weight excluding hydrogens is 220 g/mol. The molecule has 17 heavy (non-hydrogen) atoms. The molecule has 3 N–H and O–H groups in total. The van der Waals surface area contributed by atoms with Crippen LogP contribution in [-0.2, 0) is 9.53 Å². The molecule has 0 aromatic carbocycles. The number of hydrogen-bond acceptors (Lipinski definition) is 4. The van der Waals surface area contributed by atoms with Gasteiger partial charge >= 0.3 is 0 Å². The normalized spacial score (nSPS) is 31.5. The molecule has 0 aromatic rings. The van der Waals surface area contributed by atoms with Crippen molar-refractivity contribution in [3.8, 4) is 0 Å². The fourth-order valence-corrected chi connectivity index (χ4v) is 3.00. The molecule has 1 amide bonds. The zero-order valence-electron chi connectivity index (χ0n) is 10.2. The number of aliphatic hydroxyl groups excluding tert-OH is 1. The van der Waals surface area contributed by atoms with Gasteiger partial charge in [-0.05, 0) is 31.2 Å². The van der Waals surface area contributed by atoms with E-state index >= 15 is 0 Å². The first-order chi connectivity index (χ1) is 8.33. The van der Waals surface area contributed by atoms with E-state index in [-0.39, 0.29) is 18.6 Å². The Kier molecular flexibility index (Phi) is 4.76. The highest BCUT2D eigenvalue weighted by molar-refractivity contribution is 5.82. The highest BCUT2D eigenvalue weighted by Gasteiger charge is 2.42. The van der Waals surface area contributed by atoms with Gasteiger partial charge in [0.05, 0.1) is 25.9 Å². The molecule has 1 aliphatic heterocycles. The van der Waals surface area contributed by atoms with E-state index in [0.717, 1.165) is 6.54 Å². The smallest absolute Gasteiger partial charge is 0.237 e. The number of amides is 1. The first kappa shape index (κ1) is 12.8. The number of fused-ring (bicyclic) bond motifs is 1. The average molecular weight is 242 g/mol. The van der Waals surface area contributed by atoms with Gasteiger partial charge in [0, 0.05) is 6.54 Å². The Morgan fingerprint density at radius 1 is 1.41 bits per heavy atom. The lowest BCUT2D eigenvalue weighted by atomic mass is 9.94. The average Bonchev–Trinajstić information content (AvgIpc) is 2.90. The van der Waals surface area contributed by atoms with Crippen molar-refractivity contribution in [1.29, 1.82) is 0 Å². The second-order valence-corrected chi connectivity index (χ2v) is 4.87. The summed E-state index contributed by atoms with van der Waals surface area (Å²) in [7, 11) is 0. The summed E-state index contributed by atoms with van der Waals surface area (Å²) in [5.41, 5.74) is 0. The third-order valence-corrected chi connectivity index (χ3v) is 3.81. The minimum atomic E-state index is 0.000316. The van der Waals surface area contributed by atoms with E-state index in [9.17, 15) is 4.79 Å². The third-order valence-electron chi connectivity index (χ3n) is 3.81. The molecule has 1 saturated heterocycles. The highest BCUT2D eigenvalue weighted by Crippen LogP contribution is 2.37. The molecular formula is C12H22N2O3. The number of carbonyl (C=O) groups excluding carboxylic acids is 1. The third kappa shape index (κ3) is 3.18. The number of nitrogens with one attached hydrogen (secondary N) is 2. The molecule has 3 unspecified atom stereocenters. The van der Waals surface area contributed by atoms with E-state index in [1.807, 2.05) is 0 Å². The van der Waals surface area contributed by atoms with Crippen LogP contribution in [0.1, 0.15) is 19.3 Å². The summed E-state index contributed by atoms with van der Waals surface area (Å²) in [4.78, 5) is 11.9. The maximum atomic E-state index is 11.9. The fraction of sp³-hybridized carbons (Fsp3) is 0.917. The molecule has 1 heterocycles. The molecule has 3 atom stereocenters. The van der Waals surface area contributed by atoms with Crippen molar-refractivity contribution in [2.75, 3.05) is 32.9 Å². The Balaban J connectivity index is 1.66. The van der Waals surface area contributed by atoms with Gasteiger partial charge < -0.3 is 20.5 Å². The van der Waals surface area contributed by atoms with Crippen molar-refractivity contribution in [2.45, 2.75) is 25.3 Å². The first-order valence-electron chi connectivity index (χ1n) is 6.52. The molecule has 0 bridgehead atoms. The molecule has 2 rings (SSSR count). The van der Waals surface area contributed by atoms with Crippen molar-refractivity contribution in [1.82, 2.24) is 10.6 Å². The summed E-state index contributed by atoms with van der Waals surface area (Å²) in [6.07, 6.45) is 3.71. The van der Waals surface area contributed by atoms with Crippen molar-refractivity contribution in [3.63, 3.8) is 0 Å². The molecule has 5 nitrogen and oxygen atoms in total. The van der Waals surface area contributed by atoms with Crippen LogP contribution >= 0.6 is 0 Å². The van der Waals surface area contributed by atoms with Crippen molar-refractivity contribution >= 4 is 5.91 Å². The Morgan fingerprint density at radius 3 is 3.12 bits per heavy atom. The Morgan fingerprint density at radius 2 is 2.29 bits per heavy atom. The topological polar surface area (TPSA) is 70.6 Å². The summed E-state index contributed by atoms with van der Waals surface area (Å²) in [6.45, 7) is 2.34. The fourth-order valence-electron chi connectivity index (χ4n) is 3.00. The molecule has 2 fully saturated rings. The number of carbonyl (C=O) groups is 1. The number of aliphatic hydroxyl groups is 1. The predicted octanol–water partition coefficient (Wildman–Crippen LogP) is -0.500. The van der Waals surface area contributed by atoms with Crippen LogP contribution in [0.5, 0.6) is 0 Å². The van der Waals surface area contributed by atoms with E-state index in [4.69, 9.17) is 9.84 Å². The van der Waals surface area contributed by atoms with Crippen LogP contribution in [0.3, 0.4) is 0 Å². The maximum absolute atomic E-state index is 11.9. The van der Waals surface area contributed by atoms with Gasteiger partial charge in [0.15, 0.2) is 0 Å². The summed E-state index contributed by atoms with van der Waals surface area (Å²) in [5.74, 6) is 1.34. The van der Waals surface area contributed by atoms with Gasteiger partial charge in [-0.1, -0.05) is 6.42 Å². The van der Waals surface area contributed by atoms with Gasteiger partial charge in [-0.3, -0.25) is 4.79 Å². The zero-order chi connectivity index (χ0) is 12.1. The van der Waals surface area contributed by atoms with E-state index < -0.39 is 0 Å². The summed E-state index contributed by atoms with van der Waals surface area (Å²) < 4.78 is 5.10. The summed E-state index contributed by atoms with van der Waals surface area (Å²) >= 11 is 0. The minimum Gasteiger partial charge on any atom is -0.394 e. The highest BCUT2D eigenvalue weighted by atomic mass is 16.5. The monoisotopic (exact) mass is 242 g/mol. The van der Waals surface area contributed by atoms with Gasteiger partial charge in [0.1, 0.15) is 0 Å². The van der Waals surface area contributed by atoms with E-state index in [1.54, 1.807) is 0 Å². The standard InChI is InChI=1S/C12H22N2O3/c15-5-7-17-6-4-13-12(16)11-10-3-1-2-9(10)8-14-11/h9-11,14-15H,1-8H2,(H,13,16). The van der Waals surface area contributed by atoms with Crippen molar-refractivity contribution in [2.24, 2.45) is 11.8 Å². The van der Waals surface area contributed by atoms with Gasteiger partial charge in [-0.25, -0.2) is 0 Å². The zero-order valence-corrected chi connectivity index (χ0v) is 10.2.